The zero-order valence-electron chi connectivity index (χ0n) is 15.3. The molecule has 1 aromatic heterocycles. The molecule has 26 heavy (non-hydrogen) atoms. The molecule has 6 nitrogen and oxygen atoms in total. The highest BCUT2D eigenvalue weighted by molar-refractivity contribution is 5.78. The number of piperazine rings is 1. The monoisotopic (exact) mass is 360 g/mol. The second kappa shape index (κ2) is 8.40. The van der Waals surface area contributed by atoms with Crippen LogP contribution in [0, 0.1) is 11.7 Å². The molecule has 0 N–H and O–H groups in total. The molecule has 1 aromatic carbocycles. The zero-order valence-corrected chi connectivity index (χ0v) is 15.3. The molecule has 0 unspecified atom stereocenters. The van der Waals surface area contributed by atoms with Gasteiger partial charge in [0.25, 0.3) is 0 Å². The third kappa shape index (κ3) is 4.27. The number of hydrogen-bond donors (Lipinski definition) is 0. The van der Waals surface area contributed by atoms with Crippen LogP contribution in [0.5, 0.6) is 0 Å². The first kappa shape index (κ1) is 18.5. The van der Waals surface area contributed by atoms with Crippen molar-refractivity contribution in [3.05, 3.63) is 36.0 Å². The minimum Gasteiger partial charge on any atom is -0.340 e. The fourth-order valence-corrected chi connectivity index (χ4v) is 3.28. The Hall–Kier alpha value is -2.28. The van der Waals surface area contributed by atoms with Crippen LogP contribution < -0.4 is 0 Å². The fourth-order valence-electron chi connectivity index (χ4n) is 3.28. The lowest BCUT2D eigenvalue weighted by Gasteiger charge is -2.35. The van der Waals surface area contributed by atoms with E-state index in [4.69, 9.17) is 4.52 Å². The van der Waals surface area contributed by atoms with Gasteiger partial charge in [0.2, 0.25) is 17.6 Å². The first-order valence-corrected chi connectivity index (χ1v) is 9.20. The molecule has 1 saturated heterocycles. The maximum absolute atomic E-state index is 13.3. The van der Waals surface area contributed by atoms with Gasteiger partial charge in [-0.15, -0.1) is 0 Å². The van der Waals surface area contributed by atoms with Crippen molar-refractivity contribution >= 4 is 5.91 Å². The summed E-state index contributed by atoms with van der Waals surface area (Å²) in [5.41, 5.74) is 0.598. The number of carbonyl (C=O) groups is 1. The third-order valence-electron chi connectivity index (χ3n) is 4.93. The Kier molecular flexibility index (Phi) is 5.98. The Morgan fingerprint density at radius 3 is 2.62 bits per heavy atom. The van der Waals surface area contributed by atoms with Crippen molar-refractivity contribution in [3.63, 3.8) is 0 Å². The van der Waals surface area contributed by atoms with Crippen LogP contribution in [0.3, 0.4) is 0 Å². The molecule has 3 rings (SSSR count). The molecule has 2 heterocycles. The van der Waals surface area contributed by atoms with Gasteiger partial charge in [0.05, 0.1) is 6.54 Å². The topological polar surface area (TPSA) is 62.5 Å². The van der Waals surface area contributed by atoms with E-state index in [9.17, 15) is 9.18 Å². The molecule has 0 radical (unpaired) electrons. The average Bonchev–Trinajstić information content (AvgIpc) is 3.12. The number of hydrogen-bond acceptors (Lipinski definition) is 5. The lowest BCUT2D eigenvalue weighted by atomic mass is 10.0. The summed E-state index contributed by atoms with van der Waals surface area (Å²) in [6.45, 7) is 7.67. The van der Waals surface area contributed by atoms with Gasteiger partial charge in [0.1, 0.15) is 5.82 Å². The van der Waals surface area contributed by atoms with Crippen molar-refractivity contribution in [1.29, 1.82) is 0 Å². The molecule has 2 aromatic rings. The van der Waals surface area contributed by atoms with Gasteiger partial charge in [-0.25, -0.2) is 4.39 Å². The van der Waals surface area contributed by atoms with Crippen LogP contribution in [0.2, 0.25) is 0 Å². The average molecular weight is 360 g/mol. The summed E-state index contributed by atoms with van der Waals surface area (Å²) in [7, 11) is 0. The second-order valence-electron chi connectivity index (χ2n) is 6.64. The van der Waals surface area contributed by atoms with Crippen LogP contribution in [0.4, 0.5) is 4.39 Å². The minimum atomic E-state index is -0.327. The molecule has 0 bridgehead atoms. The fraction of sp³-hybridized carbons (Fsp3) is 0.526. The normalized spacial score (nSPS) is 15.6. The van der Waals surface area contributed by atoms with Crippen molar-refractivity contribution in [2.24, 2.45) is 5.92 Å². The van der Waals surface area contributed by atoms with E-state index in [1.807, 2.05) is 4.90 Å². The van der Waals surface area contributed by atoms with Gasteiger partial charge in [-0.3, -0.25) is 9.69 Å². The van der Waals surface area contributed by atoms with E-state index < -0.39 is 0 Å². The number of nitrogens with zero attached hydrogens (tertiary/aromatic N) is 4. The smallest absolute Gasteiger partial charge is 0.241 e. The maximum atomic E-state index is 13.3. The summed E-state index contributed by atoms with van der Waals surface area (Å²) in [5.74, 6) is 0.963. The lowest BCUT2D eigenvalue weighted by molar-refractivity contribution is -0.137. The molecule has 0 spiro atoms. The van der Waals surface area contributed by atoms with Crippen molar-refractivity contribution in [3.8, 4) is 11.4 Å². The molecule has 0 saturated carbocycles. The van der Waals surface area contributed by atoms with Gasteiger partial charge < -0.3 is 9.42 Å². The summed E-state index contributed by atoms with van der Waals surface area (Å²) in [5, 5.41) is 3.94. The molecule has 140 valence electrons. The molecule has 1 aliphatic rings. The minimum absolute atomic E-state index is 0.131. The maximum Gasteiger partial charge on any atom is 0.241 e. The molecule has 1 fully saturated rings. The molecular formula is C19H25FN4O2. The van der Waals surface area contributed by atoms with Gasteiger partial charge in [0.15, 0.2) is 0 Å². The summed E-state index contributed by atoms with van der Waals surface area (Å²) in [4.78, 5) is 21.0. The van der Waals surface area contributed by atoms with E-state index in [-0.39, 0.29) is 17.6 Å². The van der Waals surface area contributed by atoms with Crippen molar-refractivity contribution < 1.29 is 13.7 Å². The zero-order chi connectivity index (χ0) is 18.5. The number of rotatable bonds is 6. The number of benzene rings is 1. The van der Waals surface area contributed by atoms with E-state index in [0.29, 0.717) is 23.8 Å². The van der Waals surface area contributed by atoms with Gasteiger partial charge >= 0.3 is 0 Å². The van der Waals surface area contributed by atoms with Crippen LogP contribution in [0.25, 0.3) is 11.4 Å². The highest BCUT2D eigenvalue weighted by Crippen LogP contribution is 2.18. The highest BCUT2D eigenvalue weighted by atomic mass is 19.1. The molecule has 1 amide bonds. The number of halogens is 1. The predicted molar refractivity (Wildman–Crippen MR) is 95.6 cm³/mol. The van der Waals surface area contributed by atoms with E-state index in [2.05, 4.69) is 28.9 Å². The molecule has 0 atom stereocenters. The van der Waals surface area contributed by atoms with Crippen LogP contribution in [0.15, 0.2) is 28.8 Å². The van der Waals surface area contributed by atoms with Crippen molar-refractivity contribution in [2.75, 3.05) is 26.2 Å². The Bertz CT molecular complexity index is 737. The van der Waals surface area contributed by atoms with E-state index >= 15 is 0 Å². The van der Waals surface area contributed by atoms with Gasteiger partial charge in [0, 0.05) is 37.7 Å². The molecular weight excluding hydrogens is 335 g/mol. The van der Waals surface area contributed by atoms with E-state index in [0.717, 1.165) is 39.0 Å². The molecule has 0 aliphatic carbocycles. The summed E-state index contributed by atoms with van der Waals surface area (Å²) in [6.07, 6.45) is 1.78. The Balaban J connectivity index is 1.55. The van der Waals surface area contributed by atoms with Crippen molar-refractivity contribution in [2.45, 2.75) is 33.2 Å². The highest BCUT2D eigenvalue weighted by Gasteiger charge is 2.26. The Morgan fingerprint density at radius 2 is 1.96 bits per heavy atom. The third-order valence-corrected chi connectivity index (χ3v) is 4.93. The Labute approximate surface area is 153 Å². The summed E-state index contributed by atoms with van der Waals surface area (Å²) in [6, 6.07) is 6.14. The summed E-state index contributed by atoms with van der Waals surface area (Å²) >= 11 is 0. The van der Waals surface area contributed by atoms with Gasteiger partial charge in [-0.2, -0.15) is 4.98 Å². The van der Waals surface area contributed by atoms with Crippen LogP contribution in [-0.4, -0.2) is 52.0 Å². The number of amides is 1. The van der Waals surface area contributed by atoms with Crippen molar-refractivity contribution in [1.82, 2.24) is 19.9 Å². The molecule has 1 aliphatic heterocycles. The lowest BCUT2D eigenvalue weighted by Crippen LogP contribution is -2.49. The van der Waals surface area contributed by atoms with Crippen LogP contribution in [-0.2, 0) is 11.3 Å². The van der Waals surface area contributed by atoms with Gasteiger partial charge in [-0.1, -0.05) is 31.1 Å². The molecule has 7 heteroatoms. The van der Waals surface area contributed by atoms with Gasteiger partial charge in [-0.05, 0) is 25.0 Å². The quantitative estimate of drug-likeness (QED) is 0.793. The largest absolute Gasteiger partial charge is 0.340 e. The summed E-state index contributed by atoms with van der Waals surface area (Å²) < 4.78 is 18.6. The number of carbonyl (C=O) groups excluding carboxylic acids is 1. The second-order valence-corrected chi connectivity index (χ2v) is 6.64. The number of aromatic nitrogens is 2. The van der Waals surface area contributed by atoms with Crippen LogP contribution >= 0.6 is 0 Å². The van der Waals surface area contributed by atoms with E-state index in [1.54, 1.807) is 12.1 Å². The SMILES string of the molecule is CCC(CC)C(=O)N1CCN(Cc2nc(-c3cccc(F)c3)no2)CC1. The first-order valence-electron chi connectivity index (χ1n) is 9.20. The van der Waals surface area contributed by atoms with Crippen LogP contribution in [0.1, 0.15) is 32.6 Å². The Morgan fingerprint density at radius 1 is 1.23 bits per heavy atom. The first-order chi connectivity index (χ1) is 12.6. The predicted octanol–water partition coefficient (Wildman–Crippen LogP) is 2.96. The standard InChI is InChI=1S/C19H25FN4O2/c1-3-14(4-2)19(25)24-10-8-23(9-11-24)13-17-21-18(22-26-17)15-6-5-7-16(20)12-15/h5-7,12,14H,3-4,8-11,13H2,1-2H3. The van der Waals surface area contributed by atoms with E-state index in [1.165, 1.54) is 12.1 Å².